The summed E-state index contributed by atoms with van der Waals surface area (Å²) in [6, 6.07) is 16.0. The molecule has 9 heteroatoms. The van der Waals surface area contributed by atoms with E-state index in [0.717, 1.165) is 44.2 Å². The highest BCUT2D eigenvalue weighted by molar-refractivity contribution is 7.98. The van der Waals surface area contributed by atoms with E-state index in [4.69, 9.17) is 14.1 Å². The molecular formula is C28H35N5O3S. The number of hydrogen-bond acceptors (Lipinski definition) is 8. The number of anilines is 1. The van der Waals surface area contributed by atoms with Crippen molar-refractivity contribution in [3.8, 4) is 0 Å². The van der Waals surface area contributed by atoms with Gasteiger partial charge in [0.05, 0.1) is 18.1 Å². The maximum Gasteiger partial charge on any atom is 0.287 e. The summed E-state index contributed by atoms with van der Waals surface area (Å²) in [5.74, 6) is 2.27. The molecule has 1 saturated heterocycles. The number of amides is 1. The summed E-state index contributed by atoms with van der Waals surface area (Å²) < 4.78 is 11.1. The van der Waals surface area contributed by atoms with Gasteiger partial charge in [0.2, 0.25) is 0 Å². The number of benzene rings is 1. The third-order valence-corrected chi connectivity index (χ3v) is 6.73. The van der Waals surface area contributed by atoms with Gasteiger partial charge in [-0.1, -0.05) is 54.2 Å². The molecule has 1 N–H and O–H groups in total. The molecule has 1 aromatic carbocycles. The van der Waals surface area contributed by atoms with Crippen molar-refractivity contribution in [1.29, 1.82) is 0 Å². The molecule has 3 heterocycles. The van der Waals surface area contributed by atoms with E-state index in [-0.39, 0.29) is 11.9 Å². The minimum atomic E-state index is -0.207. The largest absolute Gasteiger partial charge is 0.455 e. The molecule has 0 atom stereocenters. The highest BCUT2D eigenvalue weighted by Crippen LogP contribution is 2.25. The number of nitrogens with one attached hydrogen (secondary N) is 1. The molecular weight excluding hydrogens is 486 g/mol. The highest BCUT2D eigenvalue weighted by Gasteiger charge is 2.19. The van der Waals surface area contributed by atoms with Crippen molar-refractivity contribution in [1.82, 2.24) is 20.2 Å². The van der Waals surface area contributed by atoms with Gasteiger partial charge >= 0.3 is 0 Å². The van der Waals surface area contributed by atoms with Gasteiger partial charge in [0, 0.05) is 51.9 Å². The van der Waals surface area contributed by atoms with E-state index < -0.39 is 0 Å². The number of furan rings is 1. The summed E-state index contributed by atoms with van der Waals surface area (Å²) >= 11 is 1.49. The Balaban J connectivity index is 1.34. The molecule has 4 rings (SSSR count). The van der Waals surface area contributed by atoms with Crippen LogP contribution in [0.2, 0.25) is 0 Å². The van der Waals surface area contributed by atoms with Crippen molar-refractivity contribution in [2.75, 3.05) is 44.7 Å². The van der Waals surface area contributed by atoms with Crippen LogP contribution in [0.5, 0.6) is 0 Å². The monoisotopic (exact) mass is 521 g/mol. The maximum absolute atomic E-state index is 12.2. The van der Waals surface area contributed by atoms with Gasteiger partial charge in [-0.25, -0.2) is 9.97 Å². The van der Waals surface area contributed by atoms with Gasteiger partial charge in [0.15, 0.2) is 10.9 Å². The molecule has 0 unspecified atom stereocenters. The lowest BCUT2D eigenvalue weighted by Crippen LogP contribution is -2.46. The van der Waals surface area contributed by atoms with Gasteiger partial charge in [-0.05, 0) is 31.5 Å². The Morgan fingerprint density at radius 1 is 1.14 bits per heavy atom. The molecule has 1 aliphatic rings. The number of nitrogens with zero attached hydrogens (tertiary/aromatic N) is 4. The first kappa shape index (κ1) is 26.9. The van der Waals surface area contributed by atoms with Crippen molar-refractivity contribution in [3.63, 3.8) is 0 Å². The van der Waals surface area contributed by atoms with Gasteiger partial charge in [0.25, 0.3) is 5.91 Å². The molecule has 196 valence electrons. The Morgan fingerprint density at radius 2 is 1.92 bits per heavy atom. The van der Waals surface area contributed by atoms with E-state index in [1.54, 1.807) is 13.2 Å². The summed E-state index contributed by atoms with van der Waals surface area (Å²) in [5.41, 5.74) is 2.07. The Morgan fingerprint density at radius 3 is 2.65 bits per heavy atom. The lowest BCUT2D eigenvalue weighted by molar-refractivity contribution is 0.0913. The summed E-state index contributed by atoms with van der Waals surface area (Å²) in [6.45, 7) is 8.94. The van der Waals surface area contributed by atoms with E-state index in [1.807, 2.05) is 32.0 Å². The normalized spacial score (nSPS) is 14.5. The van der Waals surface area contributed by atoms with Crippen LogP contribution in [0, 0.1) is 0 Å². The van der Waals surface area contributed by atoms with E-state index >= 15 is 0 Å². The Labute approximate surface area is 223 Å². The number of rotatable bonds is 11. The van der Waals surface area contributed by atoms with Crippen LogP contribution in [-0.4, -0.2) is 66.7 Å². The van der Waals surface area contributed by atoms with Gasteiger partial charge < -0.3 is 19.4 Å². The second kappa shape index (κ2) is 13.4. The molecule has 1 amide bonds. The zero-order chi connectivity index (χ0) is 26.0. The smallest absolute Gasteiger partial charge is 0.287 e. The molecule has 0 bridgehead atoms. The van der Waals surface area contributed by atoms with Crippen LogP contribution in [0.3, 0.4) is 0 Å². The van der Waals surface area contributed by atoms with Crippen molar-refractivity contribution in [2.24, 2.45) is 0 Å². The molecule has 8 nitrogen and oxygen atoms in total. The lowest BCUT2D eigenvalue weighted by atomic mass is 10.2. The van der Waals surface area contributed by atoms with Crippen LogP contribution in [-0.2, 0) is 17.1 Å². The molecule has 0 saturated carbocycles. The maximum atomic E-state index is 12.2. The van der Waals surface area contributed by atoms with Crippen LogP contribution in [0.15, 0.2) is 64.2 Å². The predicted octanol–water partition coefficient (Wildman–Crippen LogP) is 4.48. The summed E-state index contributed by atoms with van der Waals surface area (Å²) in [5, 5.41) is 3.51. The predicted molar refractivity (Wildman–Crippen MR) is 148 cm³/mol. The van der Waals surface area contributed by atoms with Gasteiger partial charge in [0.1, 0.15) is 11.6 Å². The second-order valence-corrected chi connectivity index (χ2v) is 10.2. The molecule has 1 aliphatic heterocycles. The fourth-order valence-corrected chi connectivity index (χ4v) is 4.78. The Kier molecular flexibility index (Phi) is 9.76. The molecule has 37 heavy (non-hydrogen) atoms. The number of carbonyl (C=O) groups is 1. The number of hydrogen-bond donors (Lipinski definition) is 1. The number of piperazine rings is 1. The molecule has 0 aliphatic carbocycles. The first-order valence-corrected chi connectivity index (χ1v) is 13.6. The minimum Gasteiger partial charge on any atom is -0.455 e. The number of methoxy groups -OCH3 is 1. The van der Waals surface area contributed by atoms with E-state index in [9.17, 15) is 4.79 Å². The zero-order valence-corrected chi connectivity index (χ0v) is 22.5. The van der Waals surface area contributed by atoms with E-state index in [0.29, 0.717) is 29.0 Å². The van der Waals surface area contributed by atoms with Gasteiger partial charge in [-0.15, -0.1) is 0 Å². The molecule has 2 aromatic heterocycles. The van der Waals surface area contributed by atoms with E-state index in [1.165, 1.54) is 17.3 Å². The Bertz CT molecular complexity index is 1170. The average molecular weight is 522 g/mol. The second-order valence-electron chi connectivity index (χ2n) is 9.22. The summed E-state index contributed by atoms with van der Waals surface area (Å²) in [7, 11) is 1.67. The van der Waals surface area contributed by atoms with E-state index in [2.05, 4.69) is 56.5 Å². The van der Waals surface area contributed by atoms with Crippen molar-refractivity contribution in [2.45, 2.75) is 37.4 Å². The van der Waals surface area contributed by atoms with Crippen molar-refractivity contribution < 1.29 is 13.9 Å². The summed E-state index contributed by atoms with van der Waals surface area (Å²) in [4.78, 5) is 26.4. The quantitative estimate of drug-likeness (QED) is 0.292. The standard InChI is InChI=1S/C28H35N5O3S/c1-21(2)29-27(34)25-12-11-24(36-25)20-37-28-30-23(19-35-3)18-26(31-28)33-16-14-32(15-17-33)13-7-10-22-8-5-4-6-9-22/h4-12,18,21H,13-17,19-20H2,1-3H3,(H,29,34)/b10-7+. The highest BCUT2D eigenvalue weighted by atomic mass is 32.2. The fourth-order valence-electron chi connectivity index (χ4n) is 4.02. The SMILES string of the molecule is COCc1cc(N2CCN(C/C=C/c3ccccc3)CC2)nc(SCc2ccc(C(=O)NC(C)C)o2)n1. The third kappa shape index (κ3) is 8.18. The van der Waals surface area contributed by atoms with Crippen LogP contribution >= 0.6 is 11.8 Å². The van der Waals surface area contributed by atoms with Gasteiger partial charge in [-0.3, -0.25) is 9.69 Å². The average Bonchev–Trinajstić information content (AvgIpc) is 3.38. The number of ether oxygens (including phenoxy) is 1. The third-order valence-electron chi connectivity index (χ3n) is 5.86. The van der Waals surface area contributed by atoms with Crippen molar-refractivity contribution in [3.05, 3.63) is 77.4 Å². The summed E-state index contributed by atoms with van der Waals surface area (Å²) in [6.07, 6.45) is 4.41. The molecule has 0 radical (unpaired) electrons. The number of thioether (sulfide) groups is 1. The lowest BCUT2D eigenvalue weighted by Gasteiger charge is -2.35. The van der Waals surface area contributed by atoms with Gasteiger partial charge in [-0.2, -0.15) is 0 Å². The topological polar surface area (TPSA) is 83.7 Å². The fraction of sp³-hybridized carbons (Fsp3) is 0.393. The van der Waals surface area contributed by atoms with Crippen LogP contribution in [0.1, 0.15) is 41.4 Å². The first-order valence-electron chi connectivity index (χ1n) is 12.6. The minimum absolute atomic E-state index is 0.0541. The van der Waals surface area contributed by atoms with Crippen LogP contribution in [0.25, 0.3) is 6.08 Å². The van der Waals surface area contributed by atoms with Crippen molar-refractivity contribution >= 4 is 29.6 Å². The number of aromatic nitrogens is 2. The molecule has 1 fully saturated rings. The molecule has 3 aromatic rings. The first-order chi connectivity index (χ1) is 18.0. The van der Waals surface area contributed by atoms with Crippen LogP contribution in [0.4, 0.5) is 5.82 Å². The zero-order valence-electron chi connectivity index (χ0n) is 21.7. The molecule has 0 spiro atoms. The number of carbonyl (C=O) groups excluding carboxylic acids is 1. The van der Waals surface area contributed by atoms with Crippen LogP contribution < -0.4 is 10.2 Å². The Hall–Kier alpha value is -3.14.